The predicted molar refractivity (Wildman–Crippen MR) is 110 cm³/mol. The third-order valence-corrected chi connectivity index (χ3v) is 5.76. The van der Waals surface area contributed by atoms with Crippen LogP contribution in [-0.4, -0.2) is 41.3 Å². The number of anilines is 1. The third-order valence-electron chi connectivity index (χ3n) is 3.67. The highest BCUT2D eigenvalue weighted by atomic mass is 32.2. The molecule has 0 aliphatic rings. The van der Waals surface area contributed by atoms with Gasteiger partial charge in [-0.2, -0.15) is 29.9 Å². The van der Waals surface area contributed by atoms with Crippen LogP contribution in [0.5, 0.6) is 5.88 Å². The van der Waals surface area contributed by atoms with E-state index in [0.29, 0.717) is 39.3 Å². The molecule has 2 aromatic heterocycles. The van der Waals surface area contributed by atoms with Gasteiger partial charge in [-0.05, 0) is 18.2 Å². The van der Waals surface area contributed by atoms with Gasteiger partial charge in [0.05, 0.1) is 26.3 Å². The van der Waals surface area contributed by atoms with Crippen LogP contribution in [0.25, 0.3) is 10.6 Å². The largest absolute Gasteiger partial charge is 0.479 e. The molecule has 2 rings (SSSR count). The van der Waals surface area contributed by atoms with Crippen LogP contribution in [0.2, 0.25) is 0 Å². The molecule has 2 aromatic rings. The van der Waals surface area contributed by atoms with Crippen molar-refractivity contribution < 1.29 is 22.3 Å². The highest BCUT2D eigenvalue weighted by molar-refractivity contribution is 7.99. The van der Waals surface area contributed by atoms with Crippen LogP contribution in [0.4, 0.5) is 22.6 Å². The number of ether oxygens (including phenoxy) is 1. The van der Waals surface area contributed by atoms with Gasteiger partial charge in [0.1, 0.15) is 10.8 Å². The van der Waals surface area contributed by atoms with Crippen molar-refractivity contribution in [1.29, 1.82) is 0 Å². The van der Waals surface area contributed by atoms with Gasteiger partial charge in [-0.25, -0.2) is 4.39 Å². The molecule has 156 valence electrons. The maximum atomic E-state index is 13.5. The quantitative estimate of drug-likeness (QED) is 0.279. The Hall–Kier alpha value is -2.25. The summed E-state index contributed by atoms with van der Waals surface area (Å²) in [5, 5.41) is 1.09. The molecule has 0 fully saturated rings. The molecule has 0 aliphatic carbocycles. The Balaban J connectivity index is 2.13. The van der Waals surface area contributed by atoms with Gasteiger partial charge in [-0.15, -0.1) is 6.42 Å². The predicted octanol–water partition coefficient (Wildman–Crippen LogP) is 5.38. The Morgan fingerprint density at radius 1 is 1.38 bits per heavy atom. The molecule has 0 atom stereocenters. The number of alkyl halides is 3. The number of nitrogens with zero attached hydrogens (tertiary/aromatic N) is 3. The van der Waals surface area contributed by atoms with E-state index in [1.807, 2.05) is 0 Å². The third kappa shape index (κ3) is 6.94. The van der Waals surface area contributed by atoms with Gasteiger partial charge in [0, 0.05) is 23.2 Å². The van der Waals surface area contributed by atoms with E-state index in [-0.39, 0.29) is 12.3 Å². The van der Waals surface area contributed by atoms with Crippen molar-refractivity contribution in [2.24, 2.45) is 0 Å². The fraction of sp³-hybridized carbons (Fsp3) is 0.368. The molecule has 0 aliphatic heterocycles. The molecule has 0 aromatic carbocycles. The van der Waals surface area contributed by atoms with Crippen LogP contribution in [0.3, 0.4) is 0 Å². The van der Waals surface area contributed by atoms with Crippen molar-refractivity contribution in [2.75, 3.05) is 30.1 Å². The van der Waals surface area contributed by atoms with Crippen LogP contribution in [0.15, 0.2) is 30.7 Å². The van der Waals surface area contributed by atoms with Crippen LogP contribution >= 0.6 is 23.1 Å². The maximum absolute atomic E-state index is 13.5. The molecule has 0 saturated carbocycles. The van der Waals surface area contributed by atoms with E-state index in [4.69, 9.17) is 11.2 Å². The lowest BCUT2D eigenvalue weighted by atomic mass is 10.3. The molecule has 0 unspecified atom stereocenters. The molecule has 0 spiro atoms. The zero-order chi connectivity index (χ0) is 21.4. The van der Waals surface area contributed by atoms with Gasteiger partial charge in [0.2, 0.25) is 5.88 Å². The van der Waals surface area contributed by atoms with E-state index in [2.05, 4.69) is 22.5 Å². The number of halogens is 4. The molecule has 10 heteroatoms. The van der Waals surface area contributed by atoms with Crippen LogP contribution in [-0.2, 0) is 0 Å². The van der Waals surface area contributed by atoms with E-state index >= 15 is 0 Å². The average molecular weight is 446 g/mol. The first kappa shape index (κ1) is 23.0. The smallest absolute Gasteiger partial charge is 0.389 e. The molecule has 0 amide bonds. The van der Waals surface area contributed by atoms with Crippen molar-refractivity contribution in [1.82, 2.24) is 9.97 Å². The van der Waals surface area contributed by atoms with Crippen molar-refractivity contribution >= 4 is 28.1 Å². The van der Waals surface area contributed by atoms with E-state index in [1.165, 1.54) is 42.5 Å². The maximum Gasteiger partial charge on any atom is 0.389 e. The van der Waals surface area contributed by atoms with Gasteiger partial charge in [0.15, 0.2) is 5.00 Å². The summed E-state index contributed by atoms with van der Waals surface area (Å²) in [6.07, 6.45) is 3.53. The van der Waals surface area contributed by atoms with Crippen molar-refractivity contribution in [3.63, 3.8) is 0 Å². The van der Waals surface area contributed by atoms with Gasteiger partial charge in [0.25, 0.3) is 0 Å². The van der Waals surface area contributed by atoms with Gasteiger partial charge >= 0.3 is 6.18 Å². The molecule has 0 bridgehead atoms. The number of thioether (sulfide) groups is 1. The molecular weight excluding hydrogens is 426 g/mol. The summed E-state index contributed by atoms with van der Waals surface area (Å²) in [7, 11) is 1.45. The number of terminal acetylenes is 1. The Morgan fingerprint density at radius 2 is 2.14 bits per heavy atom. The van der Waals surface area contributed by atoms with E-state index in [0.717, 1.165) is 6.20 Å². The van der Waals surface area contributed by atoms with E-state index in [9.17, 15) is 17.6 Å². The van der Waals surface area contributed by atoms with Gasteiger partial charge in [-0.1, -0.05) is 23.8 Å². The standard InChI is InChI=1S/C19H19F4N3OS2/c1-4-7-26(13(2)5-8-28-9-6-19(21,22)23)18-16(27-3)25-17(29-18)14-10-15(20)12-24-11-14/h1,10-12H,2,5-9H2,3H3. The average Bonchev–Trinajstić information content (AvgIpc) is 3.08. The fourth-order valence-electron chi connectivity index (χ4n) is 2.29. The summed E-state index contributed by atoms with van der Waals surface area (Å²) in [5.41, 5.74) is 1.13. The number of hydrogen-bond donors (Lipinski definition) is 0. The lowest BCUT2D eigenvalue weighted by Crippen LogP contribution is -2.22. The van der Waals surface area contributed by atoms with Crippen molar-refractivity contribution in [3.8, 4) is 28.8 Å². The van der Waals surface area contributed by atoms with Crippen LogP contribution in [0, 0.1) is 18.2 Å². The number of hydrogen-bond acceptors (Lipinski definition) is 6. The molecule has 0 N–H and O–H groups in total. The minimum Gasteiger partial charge on any atom is -0.479 e. The molecule has 2 heterocycles. The molecule has 4 nitrogen and oxygen atoms in total. The Morgan fingerprint density at radius 3 is 2.76 bits per heavy atom. The van der Waals surface area contributed by atoms with Crippen molar-refractivity contribution in [3.05, 3.63) is 36.6 Å². The first-order valence-electron chi connectivity index (χ1n) is 8.44. The minimum atomic E-state index is -4.16. The summed E-state index contributed by atoms with van der Waals surface area (Å²) >= 11 is 2.44. The number of methoxy groups -OCH3 is 1. The molecule has 0 saturated heterocycles. The lowest BCUT2D eigenvalue weighted by molar-refractivity contribution is -0.129. The number of rotatable bonds is 10. The molecular formula is C19H19F4N3OS2. The van der Waals surface area contributed by atoms with Crippen LogP contribution < -0.4 is 9.64 Å². The van der Waals surface area contributed by atoms with Gasteiger partial charge in [-0.3, -0.25) is 4.98 Å². The number of allylic oxidation sites excluding steroid dienone is 1. The van der Waals surface area contributed by atoms with Crippen LogP contribution in [0.1, 0.15) is 12.8 Å². The minimum absolute atomic E-state index is 0.00742. The molecule has 29 heavy (non-hydrogen) atoms. The summed E-state index contributed by atoms with van der Waals surface area (Å²) in [5.74, 6) is 2.82. The normalized spacial score (nSPS) is 11.2. The monoisotopic (exact) mass is 445 g/mol. The Kier molecular flexibility index (Phi) is 8.34. The SMILES string of the molecule is C#CCN(C(=C)CCSCCC(F)(F)F)c1sc(-c2cncc(F)c2)nc1OC. The van der Waals surface area contributed by atoms with E-state index in [1.54, 1.807) is 4.90 Å². The Bertz CT molecular complexity index is 877. The fourth-order valence-corrected chi connectivity index (χ4v) is 4.31. The van der Waals surface area contributed by atoms with Gasteiger partial charge < -0.3 is 9.64 Å². The highest BCUT2D eigenvalue weighted by Gasteiger charge is 2.26. The zero-order valence-corrected chi connectivity index (χ0v) is 17.3. The topological polar surface area (TPSA) is 38.2 Å². The summed E-state index contributed by atoms with van der Waals surface area (Å²) in [6.45, 7) is 4.20. The first-order chi connectivity index (χ1) is 13.7. The number of pyridine rings is 1. The second kappa shape index (κ2) is 10.5. The summed E-state index contributed by atoms with van der Waals surface area (Å²) < 4.78 is 55.5. The van der Waals surface area contributed by atoms with Crippen molar-refractivity contribution in [2.45, 2.75) is 19.0 Å². The number of thiazole rings is 1. The Labute approximate surface area is 175 Å². The number of aromatic nitrogens is 2. The lowest BCUT2D eigenvalue weighted by Gasteiger charge is -2.23. The second-order valence-corrected chi connectivity index (χ2v) is 8.01. The highest BCUT2D eigenvalue weighted by Crippen LogP contribution is 2.41. The molecule has 0 radical (unpaired) electrons. The first-order valence-corrected chi connectivity index (χ1v) is 10.4. The summed E-state index contributed by atoms with van der Waals surface area (Å²) in [4.78, 5) is 9.92. The summed E-state index contributed by atoms with van der Waals surface area (Å²) in [6, 6.07) is 1.31. The zero-order valence-electron chi connectivity index (χ0n) is 15.6. The van der Waals surface area contributed by atoms with E-state index < -0.39 is 18.4 Å². The second-order valence-electron chi connectivity index (χ2n) is 5.81.